The van der Waals surface area contributed by atoms with Gasteiger partial charge in [0.05, 0.1) is 6.42 Å². The van der Waals surface area contributed by atoms with Crippen LogP contribution in [-0.4, -0.2) is 28.1 Å². The Kier molecular flexibility index (Phi) is 3.29. The van der Waals surface area contributed by atoms with Crippen molar-refractivity contribution in [2.45, 2.75) is 25.9 Å². The SMILES string of the molecule is C=Cc1cc(CC)c2c(c1O)C(=O)CC(C(=O)O)O2. The van der Waals surface area contributed by atoms with E-state index in [-0.39, 0.29) is 23.5 Å². The average molecular weight is 262 g/mol. The molecule has 5 heteroatoms. The second-order valence-electron chi connectivity index (χ2n) is 4.31. The molecule has 1 aliphatic heterocycles. The molecule has 0 spiro atoms. The van der Waals surface area contributed by atoms with E-state index in [1.54, 1.807) is 6.07 Å². The molecule has 1 aromatic carbocycles. The second-order valence-corrected chi connectivity index (χ2v) is 4.31. The third-order valence-corrected chi connectivity index (χ3v) is 3.14. The van der Waals surface area contributed by atoms with Gasteiger partial charge in [0.1, 0.15) is 17.1 Å². The number of phenolic OH excluding ortho intramolecular Hbond substituents is 1. The van der Waals surface area contributed by atoms with Gasteiger partial charge in [-0.15, -0.1) is 0 Å². The number of carbonyl (C=O) groups excluding carboxylic acids is 1. The summed E-state index contributed by atoms with van der Waals surface area (Å²) in [7, 11) is 0. The standard InChI is InChI=1S/C14H14O5/c1-3-7-5-8(4-2)13-11(12(7)16)9(15)6-10(19-13)14(17)18/h3,5,10,16H,1,4,6H2,2H3,(H,17,18). The molecule has 2 N–H and O–H groups in total. The van der Waals surface area contributed by atoms with Crippen molar-refractivity contribution in [1.29, 1.82) is 0 Å². The Balaban J connectivity index is 2.65. The highest BCUT2D eigenvalue weighted by molar-refractivity contribution is 6.05. The lowest BCUT2D eigenvalue weighted by Crippen LogP contribution is -2.34. The number of carbonyl (C=O) groups is 2. The van der Waals surface area contributed by atoms with Crippen LogP contribution in [0.4, 0.5) is 0 Å². The first kappa shape index (κ1) is 13.1. The molecule has 19 heavy (non-hydrogen) atoms. The number of phenols is 1. The van der Waals surface area contributed by atoms with Crippen LogP contribution in [0.1, 0.15) is 34.8 Å². The van der Waals surface area contributed by atoms with Gasteiger partial charge in [0, 0.05) is 5.56 Å². The smallest absolute Gasteiger partial charge is 0.345 e. The van der Waals surface area contributed by atoms with Gasteiger partial charge in [0.25, 0.3) is 0 Å². The molecule has 1 aliphatic rings. The molecule has 1 unspecified atom stereocenters. The van der Waals surface area contributed by atoms with E-state index >= 15 is 0 Å². The third kappa shape index (κ3) is 2.07. The molecule has 0 fully saturated rings. The molecule has 0 bridgehead atoms. The first-order chi connectivity index (χ1) is 8.99. The molecular weight excluding hydrogens is 248 g/mol. The van der Waals surface area contributed by atoms with Gasteiger partial charge >= 0.3 is 5.97 Å². The summed E-state index contributed by atoms with van der Waals surface area (Å²) in [6.45, 7) is 5.44. The van der Waals surface area contributed by atoms with Crippen molar-refractivity contribution < 1.29 is 24.5 Å². The number of benzene rings is 1. The molecule has 0 aliphatic carbocycles. The van der Waals surface area contributed by atoms with Gasteiger partial charge in [-0.2, -0.15) is 0 Å². The van der Waals surface area contributed by atoms with Gasteiger partial charge in [0.2, 0.25) is 6.10 Å². The predicted molar refractivity (Wildman–Crippen MR) is 68.6 cm³/mol. The fourth-order valence-corrected chi connectivity index (χ4v) is 2.14. The minimum Gasteiger partial charge on any atom is -0.506 e. The Bertz CT molecular complexity index is 574. The molecule has 0 saturated heterocycles. The van der Waals surface area contributed by atoms with Crippen LogP contribution in [0.2, 0.25) is 0 Å². The minimum atomic E-state index is -1.20. The van der Waals surface area contributed by atoms with Gasteiger partial charge in [0.15, 0.2) is 5.78 Å². The molecule has 1 heterocycles. The number of hydrogen-bond donors (Lipinski definition) is 2. The summed E-state index contributed by atoms with van der Waals surface area (Å²) >= 11 is 0. The number of ether oxygens (including phenoxy) is 1. The minimum absolute atomic E-state index is 0.0618. The monoisotopic (exact) mass is 262 g/mol. The highest BCUT2D eigenvalue weighted by Crippen LogP contribution is 2.40. The second kappa shape index (κ2) is 4.76. The number of aryl methyl sites for hydroxylation is 1. The first-order valence-corrected chi connectivity index (χ1v) is 5.93. The van der Waals surface area contributed by atoms with Gasteiger partial charge in [-0.25, -0.2) is 4.79 Å². The van der Waals surface area contributed by atoms with E-state index in [0.29, 0.717) is 17.5 Å². The van der Waals surface area contributed by atoms with E-state index in [2.05, 4.69) is 6.58 Å². The van der Waals surface area contributed by atoms with Crippen LogP contribution >= 0.6 is 0 Å². The molecule has 0 amide bonds. The summed E-state index contributed by atoms with van der Waals surface area (Å²) in [5.74, 6) is -1.64. The number of aliphatic carboxylic acids is 1. The zero-order chi connectivity index (χ0) is 14.2. The summed E-state index contributed by atoms with van der Waals surface area (Å²) in [5.41, 5.74) is 1.19. The number of fused-ring (bicyclic) bond motifs is 1. The van der Waals surface area contributed by atoms with E-state index in [4.69, 9.17) is 9.84 Å². The van der Waals surface area contributed by atoms with Crippen LogP contribution in [-0.2, 0) is 11.2 Å². The van der Waals surface area contributed by atoms with Crippen LogP contribution < -0.4 is 4.74 Å². The normalized spacial score (nSPS) is 17.5. The lowest BCUT2D eigenvalue weighted by Gasteiger charge is -2.25. The van der Waals surface area contributed by atoms with E-state index in [1.807, 2.05) is 6.92 Å². The Morgan fingerprint density at radius 1 is 1.63 bits per heavy atom. The lowest BCUT2D eigenvalue weighted by atomic mass is 9.93. The number of ketones is 1. The Morgan fingerprint density at radius 3 is 2.84 bits per heavy atom. The first-order valence-electron chi connectivity index (χ1n) is 5.93. The Labute approximate surface area is 110 Å². The summed E-state index contributed by atoms with van der Waals surface area (Å²) in [6.07, 6.45) is 0.535. The van der Waals surface area contributed by atoms with Crippen LogP contribution in [0.3, 0.4) is 0 Å². The number of carboxylic acids is 1. The fraction of sp³-hybridized carbons (Fsp3) is 0.286. The van der Waals surface area contributed by atoms with Crippen LogP contribution in [0.25, 0.3) is 6.08 Å². The van der Waals surface area contributed by atoms with E-state index in [9.17, 15) is 14.7 Å². The maximum Gasteiger partial charge on any atom is 0.345 e. The largest absolute Gasteiger partial charge is 0.506 e. The number of rotatable bonds is 3. The zero-order valence-corrected chi connectivity index (χ0v) is 10.5. The topological polar surface area (TPSA) is 83.8 Å². The van der Waals surface area contributed by atoms with E-state index in [0.717, 1.165) is 0 Å². The van der Waals surface area contributed by atoms with Gasteiger partial charge < -0.3 is 14.9 Å². The summed E-state index contributed by atoms with van der Waals surface area (Å²) in [6, 6.07) is 1.65. The van der Waals surface area contributed by atoms with Crippen molar-refractivity contribution >= 4 is 17.8 Å². The van der Waals surface area contributed by atoms with Crippen LogP contribution in [0, 0.1) is 0 Å². The third-order valence-electron chi connectivity index (χ3n) is 3.14. The number of hydrogen-bond acceptors (Lipinski definition) is 4. The van der Waals surface area contributed by atoms with E-state index in [1.165, 1.54) is 6.08 Å². The maximum absolute atomic E-state index is 12.0. The molecule has 5 nitrogen and oxygen atoms in total. The fourth-order valence-electron chi connectivity index (χ4n) is 2.14. The number of aromatic hydroxyl groups is 1. The van der Waals surface area contributed by atoms with E-state index < -0.39 is 17.9 Å². The quantitative estimate of drug-likeness (QED) is 0.870. The lowest BCUT2D eigenvalue weighted by molar-refractivity contribution is -0.145. The molecular formula is C14H14O5. The van der Waals surface area contributed by atoms with Gasteiger partial charge in [-0.1, -0.05) is 19.6 Å². The highest BCUT2D eigenvalue weighted by Gasteiger charge is 2.35. The van der Waals surface area contributed by atoms with Gasteiger partial charge in [-0.05, 0) is 18.1 Å². The average Bonchev–Trinajstić information content (AvgIpc) is 2.38. The summed E-state index contributed by atoms with van der Waals surface area (Å²) in [5, 5.41) is 19.0. The molecule has 1 atom stereocenters. The predicted octanol–water partition coefficient (Wildman–Crippen LogP) is 2.02. The van der Waals surface area contributed by atoms with Crippen molar-refractivity contribution in [1.82, 2.24) is 0 Å². The molecule has 0 aromatic heterocycles. The zero-order valence-electron chi connectivity index (χ0n) is 10.5. The van der Waals surface area contributed by atoms with Crippen molar-refractivity contribution in [3.8, 4) is 11.5 Å². The number of Topliss-reactive ketones (excluding diaryl/α,β-unsaturated/α-hetero) is 1. The van der Waals surface area contributed by atoms with Crippen LogP contribution in [0.5, 0.6) is 11.5 Å². The van der Waals surface area contributed by atoms with Crippen LogP contribution in [0.15, 0.2) is 12.6 Å². The molecule has 100 valence electrons. The van der Waals surface area contributed by atoms with Crippen molar-refractivity contribution in [3.05, 3.63) is 29.3 Å². The Morgan fingerprint density at radius 2 is 2.32 bits per heavy atom. The molecule has 1 aromatic rings. The van der Waals surface area contributed by atoms with Crippen molar-refractivity contribution in [2.75, 3.05) is 0 Å². The Hall–Kier alpha value is -2.30. The number of carboxylic acid groups (broad SMARTS) is 1. The summed E-state index contributed by atoms with van der Waals surface area (Å²) in [4.78, 5) is 23.0. The maximum atomic E-state index is 12.0. The summed E-state index contributed by atoms with van der Waals surface area (Å²) < 4.78 is 5.35. The molecule has 2 rings (SSSR count). The molecule has 0 saturated carbocycles. The van der Waals surface area contributed by atoms with Gasteiger partial charge in [-0.3, -0.25) is 4.79 Å². The highest BCUT2D eigenvalue weighted by atomic mass is 16.5. The van der Waals surface area contributed by atoms with Crippen molar-refractivity contribution in [2.24, 2.45) is 0 Å². The molecule has 0 radical (unpaired) electrons. The van der Waals surface area contributed by atoms with Crippen molar-refractivity contribution in [3.63, 3.8) is 0 Å².